The van der Waals surface area contributed by atoms with Crippen LogP contribution in [0.4, 0.5) is 5.69 Å². The van der Waals surface area contributed by atoms with Crippen LogP contribution in [0, 0.1) is 0 Å². The fraction of sp³-hybridized carbons (Fsp3) is 0.304. The van der Waals surface area contributed by atoms with Gasteiger partial charge in [-0.1, -0.05) is 18.2 Å². The molecule has 1 aliphatic heterocycles. The number of fused-ring (bicyclic) bond motifs is 1. The molecule has 1 aromatic heterocycles. The Balaban J connectivity index is 1.25. The summed E-state index contributed by atoms with van der Waals surface area (Å²) in [5, 5.41) is 1.69. The fourth-order valence-electron chi connectivity index (χ4n) is 3.83. The SMILES string of the molecule is O=C(CNS(=O)(=O)c1ccc2cc(CCl)ccc2c1)NNC1CCN(c2ccncc2)CC1. The number of sulfonamides is 1. The van der Waals surface area contributed by atoms with Crippen molar-refractivity contribution in [3.63, 3.8) is 0 Å². The molecular weight excluding hydrogens is 462 g/mol. The van der Waals surface area contributed by atoms with Crippen LogP contribution < -0.4 is 20.5 Å². The standard InChI is InChI=1S/C23H26ClN5O3S/c24-15-17-1-2-19-14-22(4-3-18(19)13-17)33(31,32)26-16-23(30)28-27-20-7-11-29(12-8-20)21-5-9-25-10-6-21/h1-6,9-10,13-14,20,26-27H,7-8,11-12,15-16H2,(H,28,30). The van der Waals surface area contributed by atoms with E-state index in [9.17, 15) is 13.2 Å². The predicted molar refractivity (Wildman–Crippen MR) is 129 cm³/mol. The monoisotopic (exact) mass is 487 g/mol. The minimum absolute atomic E-state index is 0.109. The number of rotatable bonds is 8. The molecule has 1 amide bonds. The lowest BCUT2D eigenvalue weighted by Crippen LogP contribution is -2.51. The van der Waals surface area contributed by atoms with Gasteiger partial charge in [-0.15, -0.1) is 11.6 Å². The maximum atomic E-state index is 12.6. The number of halogens is 1. The first-order valence-corrected chi connectivity index (χ1v) is 12.7. The number of piperidine rings is 1. The van der Waals surface area contributed by atoms with E-state index < -0.39 is 15.9 Å². The van der Waals surface area contributed by atoms with Gasteiger partial charge in [0.15, 0.2) is 0 Å². The summed E-state index contributed by atoms with van der Waals surface area (Å²) < 4.78 is 27.6. The Morgan fingerprint density at radius 1 is 1.03 bits per heavy atom. The van der Waals surface area contributed by atoms with Crippen molar-refractivity contribution in [2.45, 2.75) is 29.7 Å². The number of hydrazine groups is 1. The van der Waals surface area contributed by atoms with E-state index in [0.717, 1.165) is 48.0 Å². The Bertz CT molecular complexity index is 1220. The molecule has 1 saturated heterocycles. The Hall–Kier alpha value is -2.72. The predicted octanol–water partition coefficient (Wildman–Crippen LogP) is 2.54. The molecule has 0 radical (unpaired) electrons. The molecule has 4 rings (SSSR count). The topological polar surface area (TPSA) is 103 Å². The molecule has 33 heavy (non-hydrogen) atoms. The van der Waals surface area contributed by atoms with Crippen molar-refractivity contribution in [2.75, 3.05) is 24.5 Å². The van der Waals surface area contributed by atoms with Gasteiger partial charge in [0.2, 0.25) is 15.9 Å². The molecule has 1 aliphatic rings. The van der Waals surface area contributed by atoms with Crippen LogP contribution in [-0.4, -0.2) is 45.0 Å². The highest BCUT2D eigenvalue weighted by molar-refractivity contribution is 7.89. The maximum absolute atomic E-state index is 12.6. The molecule has 8 nitrogen and oxygen atoms in total. The van der Waals surface area contributed by atoms with Crippen LogP contribution in [0.15, 0.2) is 65.8 Å². The molecule has 0 atom stereocenters. The van der Waals surface area contributed by atoms with Gasteiger partial charge in [0.25, 0.3) is 0 Å². The Kier molecular flexibility index (Phi) is 7.44. The van der Waals surface area contributed by atoms with Gasteiger partial charge in [-0.3, -0.25) is 15.2 Å². The zero-order valence-corrected chi connectivity index (χ0v) is 19.6. The largest absolute Gasteiger partial charge is 0.371 e. The number of aromatic nitrogens is 1. The molecule has 0 saturated carbocycles. The Labute approximate surface area is 198 Å². The van der Waals surface area contributed by atoms with E-state index in [-0.39, 0.29) is 17.5 Å². The lowest BCUT2D eigenvalue weighted by atomic mass is 10.1. The highest BCUT2D eigenvalue weighted by atomic mass is 35.5. The first-order chi connectivity index (χ1) is 15.9. The first kappa shape index (κ1) is 23.4. The van der Waals surface area contributed by atoms with Crippen molar-refractivity contribution in [1.29, 1.82) is 0 Å². The molecule has 1 fully saturated rings. The minimum atomic E-state index is -3.82. The molecule has 2 aromatic carbocycles. The van der Waals surface area contributed by atoms with Gasteiger partial charge < -0.3 is 4.90 Å². The average Bonchev–Trinajstić information content (AvgIpc) is 2.86. The van der Waals surface area contributed by atoms with Gasteiger partial charge in [0, 0.05) is 43.1 Å². The highest BCUT2D eigenvalue weighted by Gasteiger charge is 2.20. The maximum Gasteiger partial charge on any atom is 0.249 e. The van der Waals surface area contributed by atoms with Crippen LogP contribution in [0.25, 0.3) is 10.8 Å². The summed E-state index contributed by atoms with van der Waals surface area (Å²) in [6, 6.07) is 14.6. The fourth-order valence-corrected chi connectivity index (χ4v) is 5.01. The molecule has 3 aromatic rings. The first-order valence-electron chi connectivity index (χ1n) is 10.7. The third-order valence-corrected chi connectivity index (χ3v) is 7.41. The van der Waals surface area contributed by atoms with E-state index in [2.05, 4.69) is 25.5 Å². The highest BCUT2D eigenvalue weighted by Crippen LogP contribution is 2.21. The van der Waals surface area contributed by atoms with Crippen LogP contribution in [0.5, 0.6) is 0 Å². The third kappa shape index (κ3) is 6.00. The van der Waals surface area contributed by atoms with E-state index in [1.54, 1.807) is 24.5 Å². The smallest absolute Gasteiger partial charge is 0.249 e. The third-order valence-electron chi connectivity index (χ3n) is 5.70. The molecule has 0 spiro atoms. The number of carbonyl (C=O) groups excluding carboxylic acids is 1. The second kappa shape index (κ2) is 10.5. The molecule has 0 unspecified atom stereocenters. The molecule has 10 heteroatoms. The normalized spacial score (nSPS) is 15.0. The van der Waals surface area contributed by atoms with Crippen molar-refractivity contribution in [1.82, 2.24) is 20.6 Å². The summed E-state index contributed by atoms with van der Waals surface area (Å²) in [6.07, 6.45) is 5.26. The average molecular weight is 488 g/mol. The lowest BCUT2D eigenvalue weighted by molar-refractivity contribution is -0.121. The number of alkyl halides is 1. The van der Waals surface area contributed by atoms with Crippen LogP contribution in [0.1, 0.15) is 18.4 Å². The number of benzene rings is 2. The van der Waals surface area contributed by atoms with Crippen molar-refractivity contribution in [3.8, 4) is 0 Å². The van der Waals surface area contributed by atoms with Crippen molar-refractivity contribution >= 4 is 44.0 Å². The van der Waals surface area contributed by atoms with Crippen molar-refractivity contribution in [2.24, 2.45) is 0 Å². The molecule has 174 valence electrons. The summed E-state index contributed by atoms with van der Waals surface area (Å²) in [5.41, 5.74) is 7.73. The zero-order chi connectivity index (χ0) is 23.3. The Morgan fingerprint density at radius 2 is 1.73 bits per heavy atom. The molecular formula is C23H26ClN5O3S. The molecule has 0 bridgehead atoms. The number of pyridine rings is 1. The summed E-state index contributed by atoms with van der Waals surface area (Å²) in [5.74, 6) is -0.0486. The summed E-state index contributed by atoms with van der Waals surface area (Å²) in [6.45, 7) is 1.37. The second-order valence-corrected chi connectivity index (χ2v) is 9.99. The van der Waals surface area contributed by atoms with Crippen LogP contribution in [-0.2, 0) is 20.7 Å². The lowest BCUT2D eigenvalue weighted by Gasteiger charge is -2.33. The number of anilines is 1. The van der Waals surface area contributed by atoms with E-state index >= 15 is 0 Å². The van der Waals surface area contributed by atoms with Gasteiger partial charge in [-0.25, -0.2) is 18.6 Å². The molecule has 2 heterocycles. The van der Waals surface area contributed by atoms with Crippen LogP contribution in [0.3, 0.4) is 0 Å². The molecule has 0 aliphatic carbocycles. The Morgan fingerprint density at radius 3 is 2.45 bits per heavy atom. The number of nitrogens with one attached hydrogen (secondary N) is 3. The number of hydrogen-bond donors (Lipinski definition) is 3. The summed E-state index contributed by atoms with van der Waals surface area (Å²) >= 11 is 5.86. The van der Waals surface area contributed by atoms with Crippen molar-refractivity contribution < 1.29 is 13.2 Å². The van der Waals surface area contributed by atoms with Crippen molar-refractivity contribution in [3.05, 3.63) is 66.5 Å². The van der Waals surface area contributed by atoms with Gasteiger partial charge in [0.05, 0.1) is 11.4 Å². The quantitative estimate of drug-likeness (QED) is 0.333. The summed E-state index contributed by atoms with van der Waals surface area (Å²) in [7, 11) is -3.82. The number of carbonyl (C=O) groups is 1. The van der Waals surface area contributed by atoms with Crippen LogP contribution in [0.2, 0.25) is 0 Å². The van der Waals surface area contributed by atoms with E-state index in [0.29, 0.717) is 5.88 Å². The van der Waals surface area contributed by atoms with E-state index in [1.807, 2.05) is 30.3 Å². The second-order valence-electron chi connectivity index (χ2n) is 7.96. The number of nitrogens with zero attached hydrogens (tertiary/aromatic N) is 2. The van der Waals surface area contributed by atoms with Crippen LogP contribution >= 0.6 is 11.6 Å². The summed E-state index contributed by atoms with van der Waals surface area (Å²) in [4.78, 5) is 18.6. The van der Waals surface area contributed by atoms with Gasteiger partial charge in [-0.05, 0) is 59.5 Å². The van der Waals surface area contributed by atoms with Gasteiger partial charge in [0.1, 0.15) is 0 Å². The van der Waals surface area contributed by atoms with Gasteiger partial charge >= 0.3 is 0 Å². The zero-order valence-electron chi connectivity index (χ0n) is 18.0. The number of hydrogen-bond acceptors (Lipinski definition) is 6. The van der Waals surface area contributed by atoms with Gasteiger partial charge in [-0.2, -0.15) is 0 Å². The van der Waals surface area contributed by atoms with E-state index in [1.165, 1.54) is 6.07 Å². The molecule has 3 N–H and O–H groups in total. The minimum Gasteiger partial charge on any atom is -0.371 e. The van der Waals surface area contributed by atoms with E-state index in [4.69, 9.17) is 11.6 Å². The number of amides is 1.